The van der Waals surface area contributed by atoms with Gasteiger partial charge in [0.2, 0.25) is 0 Å². The molecule has 0 heterocycles. The second-order valence-electron chi connectivity index (χ2n) is 2.36. The van der Waals surface area contributed by atoms with Crippen LogP contribution in [0.15, 0.2) is 75.4 Å². The zero-order valence-electron chi connectivity index (χ0n) is 10.6. The van der Waals surface area contributed by atoms with Crippen LogP contribution in [0, 0.1) is 11.3 Å². The Morgan fingerprint density at radius 3 is 1.59 bits per heavy atom. The molecule has 0 N–H and O–H groups in total. The Balaban J connectivity index is -0.000000186. The Morgan fingerprint density at radius 1 is 1.06 bits per heavy atom. The normalized spacial score (nSPS) is 5.88. The van der Waals surface area contributed by atoms with Gasteiger partial charge in [0.1, 0.15) is 0 Å². The summed E-state index contributed by atoms with van der Waals surface area (Å²) in [5, 5.41) is 7.51. The predicted octanol–water partition coefficient (Wildman–Crippen LogP) is 5.02. The van der Waals surface area contributed by atoms with Gasteiger partial charge in [0.05, 0.1) is 6.07 Å². The first kappa shape index (κ1) is 20.1. The van der Waals surface area contributed by atoms with Crippen LogP contribution < -0.4 is 0 Å². The van der Waals surface area contributed by atoms with Gasteiger partial charge in [-0.2, -0.15) is 5.26 Å². The van der Waals surface area contributed by atoms with Crippen molar-refractivity contribution in [3.05, 3.63) is 80.9 Å². The van der Waals surface area contributed by atoms with Gasteiger partial charge in [-0.15, -0.1) is 19.7 Å². The molecule has 0 fully saturated rings. The van der Waals surface area contributed by atoms with E-state index in [1.165, 1.54) is 11.6 Å². The Bertz CT molecular complexity index is 317. The van der Waals surface area contributed by atoms with Crippen molar-refractivity contribution in [2.24, 2.45) is 0 Å². The number of rotatable bonds is 1. The van der Waals surface area contributed by atoms with Crippen LogP contribution in [-0.2, 0) is 0 Å². The highest BCUT2D eigenvalue weighted by Gasteiger charge is 1.75. The Kier molecular flexibility index (Phi) is 27.8. The first-order valence-electron chi connectivity index (χ1n) is 5.01. The minimum Gasteiger partial charge on any atom is -0.193 e. The fraction of sp³-hybridized carbons (Fsp3) is 0.0625. The third-order valence-electron chi connectivity index (χ3n) is 1.13. The van der Waals surface area contributed by atoms with Gasteiger partial charge in [-0.25, -0.2) is 0 Å². The number of benzene rings is 1. The van der Waals surface area contributed by atoms with Gasteiger partial charge >= 0.3 is 0 Å². The summed E-state index contributed by atoms with van der Waals surface area (Å²) in [5.41, 5.74) is 1.17. The van der Waals surface area contributed by atoms with Crippen molar-refractivity contribution in [3.8, 4) is 6.07 Å². The SMILES string of the molecule is C=C.C=CC.C=CC#N.C=Cc1ccccc1. The molecule has 0 saturated heterocycles. The topological polar surface area (TPSA) is 23.8 Å². The molecule has 0 aliphatic rings. The molecule has 1 rings (SSSR count). The molecule has 0 spiro atoms. The molecule has 0 aromatic heterocycles. The largest absolute Gasteiger partial charge is 0.193 e. The molecule has 1 aromatic carbocycles. The standard InChI is InChI=1S/C8H8.C3H3N.C3H6.C2H4/c1-2-8-6-4-3-5-7-8;1-2-3-4;1-3-2;1-2/h2-7H,1H2;2H,1H2;3H,1H2,2H3;1-2H2. The van der Waals surface area contributed by atoms with Crippen molar-refractivity contribution in [1.29, 1.82) is 5.26 Å². The van der Waals surface area contributed by atoms with Gasteiger partial charge in [-0.1, -0.05) is 55.6 Å². The van der Waals surface area contributed by atoms with E-state index >= 15 is 0 Å². The van der Waals surface area contributed by atoms with E-state index in [-0.39, 0.29) is 0 Å². The molecule has 1 heteroatoms. The van der Waals surface area contributed by atoms with Crippen molar-refractivity contribution >= 4 is 6.08 Å². The van der Waals surface area contributed by atoms with Gasteiger partial charge in [0.15, 0.2) is 0 Å². The molecule has 1 nitrogen and oxygen atoms in total. The van der Waals surface area contributed by atoms with E-state index in [1.807, 2.05) is 43.3 Å². The van der Waals surface area contributed by atoms with Crippen LogP contribution in [0.1, 0.15) is 12.5 Å². The fourth-order valence-corrected chi connectivity index (χ4v) is 0.589. The van der Waals surface area contributed by atoms with Gasteiger partial charge in [-0.05, 0) is 12.5 Å². The highest BCUT2D eigenvalue weighted by Crippen LogP contribution is 1.97. The van der Waals surface area contributed by atoms with Crippen molar-refractivity contribution in [2.45, 2.75) is 6.92 Å². The van der Waals surface area contributed by atoms with E-state index in [9.17, 15) is 0 Å². The lowest BCUT2D eigenvalue weighted by atomic mass is 10.2. The Hall–Kier alpha value is -2.33. The molecule has 0 atom stereocenters. The summed E-state index contributed by atoms with van der Waals surface area (Å²) in [6.45, 7) is 18.0. The summed E-state index contributed by atoms with van der Waals surface area (Å²) in [4.78, 5) is 0. The van der Waals surface area contributed by atoms with Gasteiger partial charge < -0.3 is 0 Å². The molecular formula is C16H21N. The van der Waals surface area contributed by atoms with Crippen LogP contribution in [-0.4, -0.2) is 0 Å². The maximum Gasteiger partial charge on any atom is 0.0905 e. The molecule has 17 heavy (non-hydrogen) atoms. The average Bonchev–Trinajstić information content (AvgIpc) is 2.43. The minimum atomic E-state index is 1.17. The second kappa shape index (κ2) is 23.5. The van der Waals surface area contributed by atoms with Gasteiger partial charge in [0.25, 0.3) is 0 Å². The van der Waals surface area contributed by atoms with E-state index in [0.717, 1.165) is 0 Å². The van der Waals surface area contributed by atoms with Crippen molar-refractivity contribution in [1.82, 2.24) is 0 Å². The Labute approximate surface area is 106 Å². The predicted molar refractivity (Wildman–Crippen MR) is 79.5 cm³/mol. The minimum absolute atomic E-state index is 1.17. The molecule has 0 unspecified atom stereocenters. The molecule has 0 saturated carbocycles. The number of nitrogens with zero attached hydrogens (tertiary/aromatic N) is 1. The molecule has 0 amide bonds. The average molecular weight is 227 g/mol. The van der Waals surface area contributed by atoms with Crippen molar-refractivity contribution in [2.75, 3.05) is 0 Å². The summed E-state index contributed by atoms with van der Waals surface area (Å²) in [7, 11) is 0. The highest BCUT2D eigenvalue weighted by atomic mass is 14.2. The van der Waals surface area contributed by atoms with Gasteiger partial charge in [0, 0.05) is 6.08 Å². The van der Waals surface area contributed by atoms with Crippen LogP contribution in [0.3, 0.4) is 0 Å². The van der Waals surface area contributed by atoms with Crippen molar-refractivity contribution < 1.29 is 0 Å². The maximum absolute atomic E-state index is 7.51. The number of hydrogen-bond donors (Lipinski definition) is 0. The lowest BCUT2D eigenvalue weighted by Crippen LogP contribution is -1.63. The lowest BCUT2D eigenvalue weighted by Gasteiger charge is -1.85. The fourth-order valence-electron chi connectivity index (χ4n) is 0.589. The molecular weight excluding hydrogens is 206 g/mol. The molecule has 90 valence electrons. The summed E-state index contributed by atoms with van der Waals surface area (Å²) in [6.07, 6.45) is 4.76. The molecule has 1 aromatic rings. The number of hydrogen-bond acceptors (Lipinski definition) is 1. The summed E-state index contributed by atoms with van der Waals surface area (Å²) < 4.78 is 0. The molecule has 0 radical (unpaired) electrons. The quantitative estimate of drug-likeness (QED) is 0.488. The van der Waals surface area contributed by atoms with E-state index in [0.29, 0.717) is 0 Å². The number of allylic oxidation sites excluding steroid dienone is 2. The smallest absolute Gasteiger partial charge is 0.0905 e. The van der Waals surface area contributed by atoms with Crippen LogP contribution >= 0.6 is 0 Å². The lowest BCUT2D eigenvalue weighted by molar-refractivity contribution is 1.54. The van der Waals surface area contributed by atoms with Crippen molar-refractivity contribution in [3.63, 3.8) is 0 Å². The monoisotopic (exact) mass is 227 g/mol. The van der Waals surface area contributed by atoms with Gasteiger partial charge in [-0.3, -0.25) is 0 Å². The first-order valence-corrected chi connectivity index (χ1v) is 5.01. The van der Waals surface area contributed by atoms with Crippen LogP contribution in [0.25, 0.3) is 6.08 Å². The maximum atomic E-state index is 7.51. The Morgan fingerprint density at radius 2 is 1.41 bits per heavy atom. The van der Waals surface area contributed by atoms with Crippen LogP contribution in [0.5, 0.6) is 0 Å². The van der Waals surface area contributed by atoms with Crippen LogP contribution in [0.2, 0.25) is 0 Å². The first-order chi connectivity index (χ1) is 8.26. The van der Waals surface area contributed by atoms with E-state index < -0.39 is 0 Å². The van der Waals surface area contributed by atoms with E-state index in [4.69, 9.17) is 5.26 Å². The molecule has 0 aliphatic carbocycles. The highest BCUT2D eigenvalue weighted by molar-refractivity contribution is 5.45. The van der Waals surface area contributed by atoms with Crippen LogP contribution in [0.4, 0.5) is 0 Å². The van der Waals surface area contributed by atoms with E-state index in [2.05, 4.69) is 32.9 Å². The second-order valence-corrected chi connectivity index (χ2v) is 2.36. The number of nitriles is 1. The van der Waals surface area contributed by atoms with E-state index in [1.54, 1.807) is 12.1 Å². The zero-order chi connectivity index (χ0) is 13.9. The third-order valence-corrected chi connectivity index (χ3v) is 1.13. The zero-order valence-corrected chi connectivity index (χ0v) is 10.6. The molecule has 0 aliphatic heterocycles. The summed E-state index contributed by atoms with van der Waals surface area (Å²) >= 11 is 0. The summed E-state index contributed by atoms with van der Waals surface area (Å²) in [6, 6.07) is 11.7. The summed E-state index contributed by atoms with van der Waals surface area (Å²) in [5.74, 6) is 0. The third kappa shape index (κ3) is 24.8. The molecule has 0 bridgehead atoms.